The Labute approximate surface area is 140 Å². The molecule has 1 amide bonds. The SMILES string of the molecule is CCC1=NO[C@H](CNC(=O)CSc2cn(C)c3ccccc23)C1. The fourth-order valence-corrected chi connectivity index (χ4v) is 3.60. The first kappa shape index (κ1) is 15.9. The minimum atomic E-state index is -0.0172. The number of carbonyl (C=O) groups is 1. The summed E-state index contributed by atoms with van der Waals surface area (Å²) in [7, 11) is 2.02. The van der Waals surface area contributed by atoms with Gasteiger partial charge in [-0.25, -0.2) is 0 Å². The summed E-state index contributed by atoms with van der Waals surface area (Å²) < 4.78 is 2.09. The highest BCUT2D eigenvalue weighted by Crippen LogP contribution is 2.29. The lowest BCUT2D eigenvalue weighted by Gasteiger charge is -2.09. The molecule has 0 bridgehead atoms. The number of benzene rings is 1. The van der Waals surface area contributed by atoms with Gasteiger partial charge < -0.3 is 14.7 Å². The second kappa shape index (κ2) is 7.08. The molecule has 23 heavy (non-hydrogen) atoms. The van der Waals surface area contributed by atoms with E-state index < -0.39 is 0 Å². The van der Waals surface area contributed by atoms with Crippen LogP contribution in [0.1, 0.15) is 19.8 Å². The Morgan fingerprint density at radius 1 is 1.48 bits per heavy atom. The van der Waals surface area contributed by atoms with Crippen molar-refractivity contribution >= 4 is 34.3 Å². The monoisotopic (exact) mass is 331 g/mol. The molecule has 6 heteroatoms. The average Bonchev–Trinajstić information content (AvgIpc) is 3.16. The number of nitrogens with zero attached hydrogens (tertiary/aromatic N) is 2. The molecule has 0 saturated heterocycles. The van der Waals surface area contributed by atoms with Gasteiger partial charge in [0.2, 0.25) is 5.91 Å². The summed E-state index contributed by atoms with van der Waals surface area (Å²) >= 11 is 1.56. The fraction of sp³-hybridized carbons (Fsp3) is 0.412. The molecule has 3 rings (SSSR count). The van der Waals surface area contributed by atoms with Crippen molar-refractivity contribution in [3.8, 4) is 0 Å². The lowest BCUT2D eigenvalue weighted by Crippen LogP contribution is -2.33. The summed E-state index contributed by atoms with van der Waals surface area (Å²) in [4.78, 5) is 18.5. The van der Waals surface area contributed by atoms with Gasteiger partial charge in [0.05, 0.1) is 18.0 Å². The molecule has 1 aliphatic heterocycles. The van der Waals surface area contributed by atoms with Gasteiger partial charge in [-0.1, -0.05) is 30.3 Å². The van der Waals surface area contributed by atoms with Crippen molar-refractivity contribution in [2.45, 2.75) is 30.8 Å². The number of aryl methyl sites for hydroxylation is 1. The zero-order valence-corrected chi connectivity index (χ0v) is 14.2. The molecule has 2 heterocycles. The van der Waals surface area contributed by atoms with E-state index in [0.29, 0.717) is 12.3 Å². The van der Waals surface area contributed by atoms with E-state index in [1.54, 1.807) is 11.8 Å². The summed E-state index contributed by atoms with van der Waals surface area (Å²) in [5.41, 5.74) is 2.24. The van der Waals surface area contributed by atoms with Crippen molar-refractivity contribution in [1.82, 2.24) is 9.88 Å². The third-order valence-corrected chi connectivity index (χ3v) is 4.99. The molecule has 0 unspecified atom stereocenters. The van der Waals surface area contributed by atoms with Crippen LogP contribution in [0.3, 0.4) is 0 Å². The van der Waals surface area contributed by atoms with Crippen LogP contribution in [0.15, 0.2) is 40.5 Å². The van der Waals surface area contributed by atoms with Crippen LogP contribution < -0.4 is 5.32 Å². The predicted molar refractivity (Wildman–Crippen MR) is 93.9 cm³/mol. The molecule has 0 saturated carbocycles. The van der Waals surface area contributed by atoms with E-state index >= 15 is 0 Å². The zero-order chi connectivity index (χ0) is 16.2. The molecule has 1 aromatic heterocycles. The molecule has 2 aromatic rings. The summed E-state index contributed by atoms with van der Waals surface area (Å²) in [6.45, 7) is 2.58. The molecule has 0 aliphatic carbocycles. The highest BCUT2D eigenvalue weighted by molar-refractivity contribution is 8.00. The maximum atomic E-state index is 12.0. The van der Waals surface area contributed by atoms with Gasteiger partial charge in [0.15, 0.2) is 0 Å². The number of nitrogens with one attached hydrogen (secondary N) is 1. The maximum Gasteiger partial charge on any atom is 0.230 e. The van der Waals surface area contributed by atoms with Crippen molar-refractivity contribution in [3.05, 3.63) is 30.5 Å². The Balaban J connectivity index is 1.49. The smallest absolute Gasteiger partial charge is 0.230 e. The highest BCUT2D eigenvalue weighted by atomic mass is 32.2. The minimum absolute atomic E-state index is 0.0172. The van der Waals surface area contributed by atoms with Gasteiger partial charge >= 0.3 is 0 Å². The van der Waals surface area contributed by atoms with Crippen LogP contribution in [0.5, 0.6) is 0 Å². The van der Waals surface area contributed by atoms with E-state index in [2.05, 4.69) is 40.3 Å². The maximum absolute atomic E-state index is 12.0. The normalized spacial score (nSPS) is 17.1. The van der Waals surface area contributed by atoms with Crippen LogP contribution in [0.4, 0.5) is 0 Å². The molecule has 1 aromatic carbocycles. The van der Waals surface area contributed by atoms with E-state index in [0.717, 1.165) is 23.4 Å². The first-order chi connectivity index (χ1) is 11.2. The molecule has 1 aliphatic rings. The van der Waals surface area contributed by atoms with E-state index in [-0.39, 0.29) is 12.0 Å². The molecule has 1 N–H and O–H groups in total. The van der Waals surface area contributed by atoms with Crippen LogP contribution in [-0.4, -0.2) is 34.6 Å². The Morgan fingerprint density at radius 3 is 3.09 bits per heavy atom. The average molecular weight is 331 g/mol. The summed E-state index contributed by atoms with van der Waals surface area (Å²) in [6.07, 6.45) is 3.77. The molecular formula is C17H21N3O2S. The minimum Gasteiger partial charge on any atom is -0.390 e. The van der Waals surface area contributed by atoms with Crippen LogP contribution in [0.25, 0.3) is 10.9 Å². The van der Waals surface area contributed by atoms with Gasteiger partial charge in [-0.3, -0.25) is 4.79 Å². The largest absolute Gasteiger partial charge is 0.390 e. The summed E-state index contributed by atoms with van der Waals surface area (Å²) in [5, 5.41) is 8.12. The van der Waals surface area contributed by atoms with E-state index in [9.17, 15) is 4.79 Å². The molecule has 0 radical (unpaired) electrons. The fourth-order valence-electron chi connectivity index (χ4n) is 2.65. The number of rotatable bonds is 6. The summed E-state index contributed by atoms with van der Waals surface area (Å²) in [6, 6.07) is 8.22. The highest BCUT2D eigenvalue weighted by Gasteiger charge is 2.20. The van der Waals surface area contributed by atoms with Crippen molar-refractivity contribution in [2.75, 3.05) is 12.3 Å². The van der Waals surface area contributed by atoms with Gasteiger partial charge in [0.1, 0.15) is 6.10 Å². The molecule has 122 valence electrons. The number of oxime groups is 1. The van der Waals surface area contributed by atoms with Crippen molar-refractivity contribution < 1.29 is 9.63 Å². The Kier molecular flexibility index (Phi) is 4.91. The van der Waals surface area contributed by atoms with Crippen LogP contribution in [-0.2, 0) is 16.7 Å². The second-order valence-corrected chi connectivity index (χ2v) is 6.67. The van der Waals surface area contributed by atoms with Crippen LogP contribution in [0, 0.1) is 0 Å². The molecule has 0 spiro atoms. The van der Waals surface area contributed by atoms with Gasteiger partial charge in [0.25, 0.3) is 0 Å². The van der Waals surface area contributed by atoms with E-state index in [1.807, 2.05) is 19.2 Å². The Hall–Kier alpha value is -1.95. The predicted octanol–water partition coefficient (Wildman–Crippen LogP) is 2.94. The van der Waals surface area contributed by atoms with Gasteiger partial charge in [-0.05, 0) is 12.5 Å². The van der Waals surface area contributed by atoms with E-state index in [4.69, 9.17) is 4.84 Å². The molecular weight excluding hydrogens is 310 g/mol. The first-order valence-electron chi connectivity index (χ1n) is 7.82. The number of para-hydroxylation sites is 1. The van der Waals surface area contributed by atoms with Crippen LogP contribution in [0.2, 0.25) is 0 Å². The lowest BCUT2D eigenvalue weighted by atomic mass is 10.1. The van der Waals surface area contributed by atoms with Crippen molar-refractivity contribution in [2.24, 2.45) is 12.2 Å². The molecule has 0 fully saturated rings. The number of thioether (sulfide) groups is 1. The second-order valence-electron chi connectivity index (χ2n) is 5.66. The quantitative estimate of drug-likeness (QED) is 0.828. The lowest BCUT2D eigenvalue weighted by molar-refractivity contribution is -0.119. The van der Waals surface area contributed by atoms with Crippen LogP contribution >= 0.6 is 11.8 Å². The number of hydrogen-bond acceptors (Lipinski definition) is 4. The van der Waals surface area contributed by atoms with Crippen molar-refractivity contribution in [3.63, 3.8) is 0 Å². The third kappa shape index (κ3) is 3.69. The zero-order valence-electron chi connectivity index (χ0n) is 13.4. The first-order valence-corrected chi connectivity index (χ1v) is 8.81. The molecule has 5 nitrogen and oxygen atoms in total. The number of amides is 1. The molecule has 1 atom stereocenters. The number of aromatic nitrogens is 1. The van der Waals surface area contributed by atoms with Gasteiger partial charge in [-0.2, -0.15) is 0 Å². The Bertz CT molecular complexity index is 739. The topological polar surface area (TPSA) is 55.6 Å². The third-order valence-electron chi connectivity index (χ3n) is 3.95. The van der Waals surface area contributed by atoms with Crippen molar-refractivity contribution in [1.29, 1.82) is 0 Å². The number of hydrogen-bond donors (Lipinski definition) is 1. The van der Waals surface area contributed by atoms with Gasteiger partial charge in [-0.15, -0.1) is 11.8 Å². The Morgan fingerprint density at radius 2 is 2.30 bits per heavy atom. The summed E-state index contributed by atoms with van der Waals surface area (Å²) in [5.74, 6) is 0.430. The number of carbonyl (C=O) groups excluding carboxylic acids is 1. The number of fused-ring (bicyclic) bond motifs is 1. The van der Waals surface area contributed by atoms with Gasteiger partial charge in [0, 0.05) is 35.5 Å². The van der Waals surface area contributed by atoms with E-state index in [1.165, 1.54) is 10.9 Å². The standard InChI is InChI=1S/C17H21N3O2S/c1-3-12-8-13(22-19-12)9-18-17(21)11-23-16-10-20(2)15-7-5-4-6-14(15)16/h4-7,10,13H,3,8-9,11H2,1-2H3,(H,18,21)/t13-/m0/s1.